The second-order valence-electron chi connectivity index (χ2n) is 4.40. The van der Waals surface area contributed by atoms with Crippen LogP contribution in [-0.4, -0.2) is 0 Å². The van der Waals surface area contributed by atoms with Gasteiger partial charge in [0.05, 0.1) is 0 Å². The maximum absolute atomic E-state index is 13.1. The van der Waals surface area contributed by atoms with Crippen molar-refractivity contribution in [2.75, 3.05) is 0 Å². The molecule has 1 rings (SSSR count). The summed E-state index contributed by atoms with van der Waals surface area (Å²) in [6, 6.07) is 4.78. The van der Waals surface area contributed by atoms with Crippen molar-refractivity contribution in [1.82, 2.24) is 0 Å². The first-order chi connectivity index (χ1) is 6.35. The van der Waals surface area contributed by atoms with Gasteiger partial charge in [0.15, 0.2) is 0 Å². The Labute approximate surface area is 85.1 Å². The third kappa shape index (κ3) is 1.95. The summed E-state index contributed by atoms with van der Waals surface area (Å²) in [5.74, 6) is 0.0610. The molecule has 0 spiro atoms. The molecule has 1 nitrogen and oxygen atoms in total. The Morgan fingerprint density at radius 2 is 1.93 bits per heavy atom. The third-order valence-electron chi connectivity index (χ3n) is 2.98. The van der Waals surface area contributed by atoms with Gasteiger partial charge in [-0.1, -0.05) is 19.9 Å². The van der Waals surface area contributed by atoms with Crippen LogP contribution in [-0.2, 0) is 5.54 Å². The van der Waals surface area contributed by atoms with E-state index in [-0.39, 0.29) is 11.7 Å². The fraction of sp³-hybridized carbons (Fsp3) is 0.500. The van der Waals surface area contributed by atoms with Gasteiger partial charge in [-0.2, -0.15) is 0 Å². The fourth-order valence-electron chi connectivity index (χ4n) is 1.49. The van der Waals surface area contributed by atoms with Gasteiger partial charge in [0.2, 0.25) is 0 Å². The molecule has 1 unspecified atom stereocenters. The number of halogens is 1. The van der Waals surface area contributed by atoms with Crippen molar-refractivity contribution < 1.29 is 4.39 Å². The van der Waals surface area contributed by atoms with Crippen LogP contribution in [0.1, 0.15) is 31.9 Å². The van der Waals surface area contributed by atoms with E-state index < -0.39 is 5.54 Å². The quantitative estimate of drug-likeness (QED) is 0.771. The van der Waals surface area contributed by atoms with Crippen molar-refractivity contribution in [2.45, 2.75) is 33.2 Å². The maximum atomic E-state index is 13.1. The summed E-state index contributed by atoms with van der Waals surface area (Å²) in [4.78, 5) is 0. The number of nitrogens with two attached hydrogens (primary N) is 1. The fourth-order valence-corrected chi connectivity index (χ4v) is 1.49. The lowest BCUT2D eigenvalue weighted by molar-refractivity contribution is 0.347. The third-order valence-corrected chi connectivity index (χ3v) is 2.98. The minimum atomic E-state index is -0.466. The average molecular weight is 195 g/mol. The SMILES string of the molecule is Cc1ccc(F)cc1C(C)(N)C(C)C. The van der Waals surface area contributed by atoms with Gasteiger partial charge < -0.3 is 5.73 Å². The summed E-state index contributed by atoms with van der Waals surface area (Å²) >= 11 is 0. The van der Waals surface area contributed by atoms with Crippen LogP contribution in [0, 0.1) is 18.7 Å². The van der Waals surface area contributed by atoms with E-state index in [0.29, 0.717) is 0 Å². The number of hydrogen-bond acceptors (Lipinski definition) is 1. The van der Waals surface area contributed by atoms with E-state index in [9.17, 15) is 4.39 Å². The van der Waals surface area contributed by atoms with Gasteiger partial charge in [-0.25, -0.2) is 4.39 Å². The molecule has 78 valence electrons. The first kappa shape index (κ1) is 11.2. The number of rotatable bonds is 2. The highest BCUT2D eigenvalue weighted by Crippen LogP contribution is 2.29. The normalized spacial score (nSPS) is 15.6. The molecule has 0 bridgehead atoms. The zero-order valence-corrected chi connectivity index (χ0v) is 9.26. The van der Waals surface area contributed by atoms with Gasteiger partial charge in [0, 0.05) is 5.54 Å². The Morgan fingerprint density at radius 3 is 2.43 bits per heavy atom. The zero-order valence-electron chi connectivity index (χ0n) is 9.26. The second-order valence-corrected chi connectivity index (χ2v) is 4.40. The summed E-state index contributed by atoms with van der Waals surface area (Å²) in [5.41, 5.74) is 7.66. The molecule has 0 aliphatic rings. The molecule has 0 aromatic heterocycles. The monoisotopic (exact) mass is 195 g/mol. The lowest BCUT2D eigenvalue weighted by Gasteiger charge is -2.31. The van der Waals surface area contributed by atoms with Gasteiger partial charge in [-0.15, -0.1) is 0 Å². The Balaban J connectivity index is 3.24. The van der Waals surface area contributed by atoms with Gasteiger partial charge in [0.25, 0.3) is 0 Å². The van der Waals surface area contributed by atoms with Crippen LogP contribution in [0.4, 0.5) is 4.39 Å². The first-order valence-electron chi connectivity index (χ1n) is 4.91. The highest BCUT2D eigenvalue weighted by Gasteiger charge is 2.27. The van der Waals surface area contributed by atoms with Gasteiger partial charge in [-0.3, -0.25) is 0 Å². The predicted octanol–water partition coefficient (Wildman–Crippen LogP) is 2.96. The molecule has 0 saturated heterocycles. The van der Waals surface area contributed by atoms with Crippen LogP contribution in [0.2, 0.25) is 0 Å². The van der Waals surface area contributed by atoms with Gasteiger partial charge in [0.1, 0.15) is 5.82 Å². The average Bonchev–Trinajstić information content (AvgIpc) is 2.08. The smallest absolute Gasteiger partial charge is 0.123 e. The molecule has 0 saturated carbocycles. The van der Waals surface area contributed by atoms with Crippen LogP contribution in [0.15, 0.2) is 18.2 Å². The molecule has 0 aliphatic heterocycles. The van der Waals surface area contributed by atoms with E-state index in [1.807, 2.05) is 27.7 Å². The molecule has 0 amide bonds. The molecule has 2 heteroatoms. The minimum absolute atomic E-state index is 0.220. The summed E-state index contributed by atoms with van der Waals surface area (Å²) in [6.07, 6.45) is 0. The van der Waals surface area contributed by atoms with Crippen LogP contribution < -0.4 is 5.73 Å². The first-order valence-corrected chi connectivity index (χ1v) is 4.91. The topological polar surface area (TPSA) is 26.0 Å². The van der Waals surface area contributed by atoms with Crippen molar-refractivity contribution >= 4 is 0 Å². The molecule has 0 radical (unpaired) electrons. The van der Waals surface area contributed by atoms with Crippen LogP contribution >= 0.6 is 0 Å². The number of hydrogen-bond donors (Lipinski definition) is 1. The highest BCUT2D eigenvalue weighted by atomic mass is 19.1. The lowest BCUT2D eigenvalue weighted by Crippen LogP contribution is -2.39. The van der Waals surface area contributed by atoms with Crippen molar-refractivity contribution in [3.05, 3.63) is 35.1 Å². The standard InChI is InChI=1S/C12H18FN/c1-8(2)12(4,14)11-7-10(13)6-5-9(11)3/h5-8H,14H2,1-4H3. The predicted molar refractivity (Wildman–Crippen MR) is 57.5 cm³/mol. The Kier molecular flexibility index (Phi) is 2.95. The summed E-state index contributed by atoms with van der Waals surface area (Å²) in [6.45, 7) is 8.00. The number of benzene rings is 1. The van der Waals surface area contributed by atoms with E-state index in [1.54, 1.807) is 6.07 Å². The summed E-state index contributed by atoms with van der Waals surface area (Å²) < 4.78 is 13.1. The molecule has 14 heavy (non-hydrogen) atoms. The summed E-state index contributed by atoms with van der Waals surface area (Å²) in [5, 5.41) is 0. The number of aryl methyl sites for hydroxylation is 1. The molecule has 2 N–H and O–H groups in total. The molecular weight excluding hydrogens is 177 g/mol. The maximum Gasteiger partial charge on any atom is 0.123 e. The second kappa shape index (κ2) is 3.70. The van der Waals surface area contributed by atoms with E-state index >= 15 is 0 Å². The van der Waals surface area contributed by atoms with E-state index in [2.05, 4.69) is 0 Å². The van der Waals surface area contributed by atoms with Crippen molar-refractivity contribution in [2.24, 2.45) is 11.7 Å². The minimum Gasteiger partial charge on any atom is -0.321 e. The van der Waals surface area contributed by atoms with Crippen molar-refractivity contribution in [3.63, 3.8) is 0 Å². The van der Waals surface area contributed by atoms with Crippen molar-refractivity contribution in [3.8, 4) is 0 Å². The molecule has 1 aromatic rings. The highest BCUT2D eigenvalue weighted by molar-refractivity contribution is 5.32. The van der Waals surface area contributed by atoms with Gasteiger partial charge >= 0.3 is 0 Å². The Morgan fingerprint density at radius 1 is 1.36 bits per heavy atom. The largest absolute Gasteiger partial charge is 0.321 e. The van der Waals surface area contributed by atoms with Crippen LogP contribution in [0.3, 0.4) is 0 Å². The molecule has 1 aromatic carbocycles. The van der Waals surface area contributed by atoms with E-state index in [0.717, 1.165) is 11.1 Å². The van der Waals surface area contributed by atoms with Crippen LogP contribution in [0.5, 0.6) is 0 Å². The van der Waals surface area contributed by atoms with E-state index in [1.165, 1.54) is 12.1 Å². The van der Waals surface area contributed by atoms with Gasteiger partial charge in [-0.05, 0) is 43.0 Å². The molecule has 1 atom stereocenters. The molecule has 0 fully saturated rings. The summed E-state index contributed by atoms with van der Waals surface area (Å²) in [7, 11) is 0. The van der Waals surface area contributed by atoms with Crippen LogP contribution in [0.25, 0.3) is 0 Å². The van der Waals surface area contributed by atoms with Crippen molar-refractivity contribution in [1.29, 1.82) is 0 Å². The molecule has 0 heterocycles. The molecule has 0 aliphatic carbocycles. The lowest BCUT2D eigenvalue weighted by atomic mass is 9.80. The Bertz CT molecular complexity index is 329. The Hall–Kier alpha value is -0.890. The zero-order chi connectivity index (χ0) is 10.9. The van der Waals surface area contributed by atoms with E-state index in [4.69, 9.17) is 5.73 Å². The molecular formula is C12H18FN.